The third kappa shape index (κ3) is 3.00. The average molecular weight is 271 g/mol. The van der Waals surface area contributed by atoms with Crippen LogP contribution in [0, 0.1) is 5.82 Å². The molecule has 0 spiro atoms. The maximum absolute atomic E-state index is 13.7. The third-order valence-electron chi connectivity index (χ3n) is 3.11. The summed E-state index contributed by atoms with van der Waals surface area (Å²) in [6, 6.07) is 4.35. The molecule has 0 aromatic heterocycles. The van der Waals surface area contributed by atoms with Crippen LogP contribution in [0.25, 0.3) is 0 Å². The van der Waals surface area contributed by atoms with Gasteiger partial charge in [-0.15, -0.1) is 0 Å². The summed E-state index contributed by atoms with van der Waals surface area (Å²) in [5.41, 5.74) is 0.502. The molecule has 0 bridgehead atoms. The van der Waals surface area contributed by atoms with E-state index in [1.807, 2.05) is 6.92 Å². The van der Waals surface area contributed by atoms with Crippen molar-refractivity contribution in [1.82, 2.24) is 10.2 Å². The van der Waals surface area contributed by atoms with Gasteiger partial charge in [0.05, 0.1) is 6.04 Å². The van der Waals surface area contributed by atoms with E-state index in [2.05, 4.69) is 5.32 Å². The first-order valence-electron chi connectivity index (χ1n) is 6.04. The zero-order chi connectivity index (χ0) is 13.1. The van der Waals surface area contributed by atoms with Crippen molar-refractivity contribution in [2.45, 2.75) is 25.9 Å². The molecular formula is C13H16ClFN2O. The van der Waals surface area contributed by atoms with E-state index < -0.39 is 0 Å². The van der Waals surface area contributed by atoms with E-state index in [4.69, 9.17) is 11.6 Å². The quantitative estimate of drug-likeness (QED) is 0.893. The zero-order valence-electron chi connectivity index (χ0n) is 10.2. The van der Waals surface area contributed by atoms with Crippen molar-refractivity contribution >= 4 is 17.5 Å². The maximum atomic E-state index is 13.7. The number of hydrogen-bond donors (Lipinski definition) is 1. The Morgan fingerprint density at radius 2 is 2.33 bits per heavy atom. The predicted octanol–water partition coefficient (Wildman–Crippen LogP) is 2.19. The Bertz CT molecular complexity index is 453. The highest BCUT2D eigenvalue weighted by Crippen LogP contribution is 2.17. The van der Waals surface area contributed by atoms with Gasteiger partial charge in [0.15, 0.2) is 0 Å². The van der Waals surface area contributed by atoms with E-state index in [0.717, 1.165) is 13.0 Å². The topological polar surface area (TPSA) is 32.3 Å². The Labute approximate surface area is 111 Å². The van der Waals surface area contributed by atoms with Gasteiger partial charge in [0, 0.05) is 23.7 Å². The van der Waals surface area contributed by atoms with Gasteiger partial charge >= 0.3 is 0 Å². The predicted molar refractivity (Wildman–Crippen MR) is 68.9 cm³/mol. The van der Waals surface area contributed by atoms with Crippen LogP contribution in [0.1, 0.15) is 18.9 Å². The molecule has 1 heterocycles. The number of nitrogens with one attached hydrogen (secondary N) is 1. The van der Waals surface area contributed by atoms with Crippen LogP contribution in [0.2, 0.25) is 5.02 Å². The monoisotopic (exact) mass is 270 g/mol. The van der Waals surface area contributed by atoms with Crippen LogP contribution in [0.3, 0.4) is 0 Å². The van der Waals surface area contributed by atoms with Gasteiger partial charge < -0.3 is 10.2 Å². The molecule has 1 unspecified atom stereocenters. The van der Waals surface area contributed by atoms with Gasteiger partial charge in [-0.1, -0.05) is 17.7 Å². The van der Waals surface area contributed by atoms with Crippen LogP contribution < -0.4 is 5.32 Å². The maximum Gasteiger partial charge on any atom is 0.239 e. The van der Waals surface area contributed by atoms with Gasteiger partial charge in [-0.3, -0.25) is 4.79 Å². The molecule has 0 saturated carbocycles. The molecular weight excluding hydrogens is 255 g/mol. The molecule has 0 aliphatic carbocycles. The van der Waals surface area contributed by atoms with Crippen LogP contribution in [0.5, 0.6) is 0 Å². The van der Waals surface area contributed by atoms with Crippen molar-refractivity contribution < 1.29 is 9.18 Å². The highest BCUT2D eigenvalue weighted by molar-refractivity contribution is 6.30. The van der Waals surface area contributed by atoms with E-state index >= 15 is 0 Å². The van der Waals surface area contributed by atoms with Gasteiger partial charge in [-0.05, 0) is 32.0 Å². The SMILES string of the molecule is CC1NCCCN(Cc2ccc(Cl)cc2F)C1=O. The summed E-state index contributed by atoms with van der Waals surface area (Å²) in [6.45, 7) is 3.59. The molecule has 0 radical (unpaired) electrons. The van der Waals surface area contributed by atoms with E-state index in [-0.39, 0.29) is 17.8 Å². The number of rotatable bonds is 2. The van der Waals surface area contributed by atoms with Gasteiger partial charge in [0.2, 0.25) is 5.91 Å². The number of hydrogen-bond acceptors (Lipinski definition) is 2. The second-order valence-electron chi connectivity index (χ2n) is 4.52. The van der Waals surface area contributed by atoms with Crippen molar-refractivity contribution in [3.05, 3.63) is 34.6 Å². The van der Waals surface area contributed by atoms with E-state index in [9.17, 15) is 9.18 Å². The molecule has 1 saturated heterocycles. The number of nitrogens with zero attached hydrogens (tertiary/aromatic N) is 1. The Balaban J connectivity index is 2.14. The Morgan fingerprint density at radius 3 is 3.06 bits per heavy atom. The highest BCUT2D eigenvalue weighted by atomic mass is 35.5. The van der Waals surface area contributed by atoms with Crippen LogP contribution >= 0.6 is 11.6 Å². The molecule has 1 aromatic rings. The number of carbonyl (C=O) groups is 1. The summed E-state index contributed by atoms with van der Waals surface area (Å²) in [7, 11) is 0. The normalized spacial score (nSPS) is 20.9. The Morgan fingerprint density at radius 1 is 1.56 bits per heavy atom. The van der Waals surface area contributed by atoms with Crippen molar-refractivity contribution in [3.63, 3.8) is 0 Å². The van der Waals surface area contributed by atoms with E-state index in [0.29, 0.717) is 23.7 Å². The molecule has 2 rings (SSSR count). The number of carbonyl (C=O) groups excluding carboxylic acids is 1. The lowest BCUT2D eigenvalue weighted by molar-refractivity contribution is -0.132. The summed E-state index contributed by atoms with van der Waals surface area (Å²) in [6.07, 6.45) is 0.880. The molecule has 1 aliphatic rings. The molecule has 1 aliphatic heterocycles. The van der Waals surface area contributed by atoms with Crippen molar-refractivity contribution in [2.75, 3.05) is 13.1 Å². The fourth-order valence-corrected chi connectivity index (χ4v) is 2.23. The fraction of sp³-hybridized carbons (Fsp3) is 0.462. The molecule has 98 valence electrons. The lowest BCUT2D eigenvalue weighted by Gasteiger charge is -2.23. The first-order chi connectivity index (χ1) is 8.58. The summed E-state index contributed by atoms with van der Waals surface area (Å²) < 4.78 is 13.7. The van der Waals surface area contributed by atoms with Gasteiger partial charge in [-0.2, -0.15) is 0 Å². The minimum Gasteiger partial charge on any atom is -0.337 e. The number of amides is 1. The second-order valence-corrected chi connectivity index (χ2v) is 4.96. The molecule has 1 fully saturated rings. The van der Waals surface area contributed by atoms with Gasteiger partial charge in [-0.25, -0.2) is 4.39 Å². The van der Waals surface area contributed by atoms with Gasteiger partial charge in [0.1, 0.15) is 5.82 Å². The smallest absolute Gasteiger partial charge is 0.239 e. The summed E-state index contributed by atoms with van der Waals surface area (Å²) in [4.78, 5) is 13.7. The van der Waals surface area contributed by atoms with Crippen molar-refractivity contribution in [3.8, 4) is 0 Å². The Hall–Kier alpha value is -1.13. The number of halogens is 2. The molecule has 5 heteroatoms. The largest absolute Gasteiger partial charge is 0.337 e. The number of benzene rings is 1. The minimum atomic E-state index is -0.361. The van der Waals surface area contributed by atoms with Crippen molar-refractivity contribution in [1.29, 1.82) is 0 Å². The highest BCUT2D eigenvalue weighted by Gasteiger charge is 2.23. The second kappa shape index (κ2) is 5.67. The van der Waals surface area contributed by atoms with Crippen LogP contribution in [0.4, 0.5) is 4.39 Å². The van der Waals surface area contributed by atoms with Crippen LogP contribution in [0.15, 0.2) is 18.2 Å². The van der Waals surface area contributed by atoms with Crippen LogP contribution in [-0.4, -0.2) is 29.9 Å². The molecule has 1 N–H and O–H groups in total. The first-order valence-corrected chi connectivity index (χ1v) is 6.42. The van der Waals surface area contributed by atoms with Crippen molar-refractivity contribution in [2.24, 2.45) is 0 Å². The standard InChI is InChI=1S/C13H16ClFN2O/c1-9-13(18)17(6-2-5-16-9)8-10-3-4-11(14)7-12(10)15/h3-4,7,9,16H,2,5-6,8H2,1H3. The molecule has 1 aromatic carbocycles. The summed E-state index contributed by atoms with van der Waals surface area (Å²) >= 11 is 5.71. The summed E-state index contributed by atoms with van der Waals surface area (Å²) in [5, 5.41) is 3.50. The van der Waals surface area contributed by atoms with E-state index in [1.165, 1.54) is 6.07 Å². The lowest BCUT2D eigenvalue weighted by Crippen LogP contribution is -2.41. The van der Waals surface area contributed by atoms with E-state index in [1.54, 1.807) is 17.0 Å². The summed E-state index contributed by atoms with van der Waals surface area (Å²) in [5.74, 6) is -0.345. The molecule has 3 nitrogen and oxygen atoms in total. The third-order valence-corrected chi connectivity index (χ3v) is 3.35. The van der Waals surface area contributed by atoms with Gasteiger partial charge in [0.25, 0.3) is 0 Å². The molecule has 18 heavy (non-hydrogen) atoms. The minimum absolute atomic E-state index is 0.0156. The fourth-order valence-electron chi connectivity index (χ4n) is 2.07. The molecule has 1 atom stereocenters. The lowest BCUT2D eigenvalue weighted by atomic mass is 10.2. The Kier molecular flexibility index (Phi) is 4.19. The molecule has 1 amide bonds. The van der Waals surface area contributed by atoms with Crippen LogP contribution in [-0.2, 0) is 11.3 Å². The first kappa shape index (κ1) is 13.3. The average Bonchev–Trinajstić information content (AvgIpc) is 2.48. The zero-order valence-corrected chi connectivity index (χ0v) is 11.0.